The molecule has 0 saturated carbocycles. The van der Waals surface area contributed by atoms with Crippen molar-refractivity contribution in [3.05, 3.63) is 18.0 Å². The molecule has 106 valence electrons. The van der Waals surface area contributed by atoms with Crippen molar-refractivity contribution in [3.8, 4) is 0 Å². The Morgan fingerprint density at radius 3 is 2.63 bits per heavy atom. The number of hydrogen-bond acceptors (Lipinski definition) is 4. The number of piperidine rings is 1. The van der Waals surface area contributed by atoms with Gasteiger partial charge in [0.15, 0.2) is 5.16 Å². The number of rotatable bonds is 4. The number of likely N-dealkylation sites (tertiary alicyclic amines) is 1. The van der Waals surface area contributed by atoms with Crippen molar-refractivity contribution in [2.45, 2.75) is 30.6 Å². The molecule has 0 spiro atoms. The van der Waals surface area contributed by atoms with Crippen molar-refractivity contribution >= 4 is 11.8 Å². The van der Waals surface area contributed by atoms with Crippen molar-refractivity contribution in [1.29, 1.82) is 0 Å². The first-order valence-corrected chi connectivity index (χ1v) is 7.30. The zero-order chi connectivity index (χ0) is 13.7. The van der Waals surface area contributed by atoms with Gasteiger partial charge in [0.1, 0.15) is 5.69 Å². The lowest BCUT2D eigenvalue weighted by Gasteiger charge is -2.25. The number of halogens is 3. The lowest BCUT2D eigenvalue weighted by atomic mass is 10.1. The van der Waals surface area contributed by atoms with Gasteiger partial charge >= 0.3 is 6.18 Å². The molecular weight excluding hydrogens is 275 g/mol. The SMILES string of the molecule is FC(F)(F)c1ccnc(SCCN2CCCCC2)n1. The summed E-state index contributed by atoms with van der Waals surface area (Å²) in [5.74, 6) is 0.724. The highest BCUT2D eigenvalue weighted by Crippen LogP contribution is 2.28. The van der Waals surface area contributed by atoms with E-state index in [0.717, 1.165) is 31.5 Å². The van der Waals surface area contributed by atoms with E-state index in [9.17, 15) is 13.2 Å². The third kappa shape index (κ3) is 4.65. The first-order valence-electron chi connectivity index (χ1n) is 6.31. The van der Waals surface area contributed by atoms with Gasteiger partial charge in [-0.1, -0.05) is 18.2 Å². The minimum atomic E-state index is -4.40. The van der Waals surface area contributed by atoms with E-state index in [4.69, 9.17) is 0 Å². The molecule has 19 heavy (non-hydrogen) atoms. The van der Waals surface area contributed by atoms with Gasteiger partial charge in [-0.3, -0.25) is 0 Å². The molecule has 0 aliphatic carbocycles. The molecule has 0 aromatic carbocycles. The minimum Gasteiger partial charge on any atom is -0.303 e. The van der Waals surface area contributed by atoms with Crippen LogP contribution in [0.4, 0.5) is 13.2 Å². The number of alkyl halides is 3. The summed E-state index contributed by atoms with van der Waals surface area (Å²) in [6.45, 7) is 3.05. The molecule has 1 aromatic rings. The average Bonchev–Trinajstić information content (AvgIpc) is 2.39. The van der Waals surface area contributed by atoms with E-state index in [2.05, 4.69) is 14.9 Å². The molecule has 2 rings (SSSR count). The van der Waals surface area contributed by atoms with Crippen molar-refractivity contribution in [2.75, 3.05) is 25.4 Å². The van der Waals surface area contributed by atoms with E-state index < -0.39 is 11.9 Å². The smallest absolute Gasteiger partial charge is 0.303 e. The van der Waals surface area contributed by atoms with Crippen molar-refractivity contribution in [1.82, 2.24) is 14.9 Å². The molecule has 1 fully saturated rings. The number of aromatic nitrogens is 2. The molecule has 7 heteroatoms. The van der Waals surface area contributed by atoms with Crippen molar-refractivity contribution < 1.29 is 13.2 Å². The van der Waals surface area contributed by atoms with E-state index in [1.54, 1.807) is 0 Å². The van der Waals surface area contributed by atoms with Crippen molar-refractivity contribution in [2.24, 2.45) is 0 Å². The third-order valence-electron chi connectivity index (χ3n) is 3.01. The van der Waals surface area contributed by atoms with Crippen LogP contribution in [-0.2, 0) is 6.18 Å². The van der Waals surface area contributed by atoms with Gasteiger partial charge in [0, 0.05) is 18.5 Å². The molecule has 1 aromatic heterocycles. The average molecular weight is 291 g/mol. The summed E-state index contributed by atoms with van der Waals surface area (Å²) in [5.41, 5.74) is -0.872. The second-order valence-corrected chi connectivity index (χ2v) is 5.54. The van der Waals surface area contributed by atoms with Crippen LogP contribution < -0.4 is 0 Å². The Bertz CT molecular complexity index is 405. The molecule has 0 N–H and O–H groups in total. The van der Waals surface area contributed by atoms with E-state index in [0.29, 0.717) is 0 Å². The number of hydrogen-bond donors (Lipinski definition) is 0. The van der Waals surface area contributed by atoms with Crippen LogP contribution in [0.2, 0.25) is 0 Å². The van der Waals surface area contributed by atoms with Gasteiger partial charge in [-0.15, -0.1) is 0 Å². The lowest BCUT2D eigenvalue weighted by Crippen LogP contribution is -2.31. The van der Waals surface area contributed by atoms with Crippen LogP contribution in [0.25, 0.3) is 0 Å². The maximum Gasteiger partial charge on any atom is 0.433 e. The van der Waals surface area contributed by atoms with Gasteiger partial charge in [-0.25, -0.2) is 9.97 Å². The fraction of sp³-hybridized carbons (Fsp3) is 0.667. The molecule has 0 radical (unpaired) electrons. The molecule has 1 aliphatic rings. The number of thioether (sulfide) groups is 1. The predicted molar refractivity (Wildman–Crippen MR) is 68.0 cm³/mol. The van der Waals surface area contributed by atoms with E-state index in [1.807, 2.05) is 0 Å². The Morgan fingerprint density at radius 2 is 1.95 bits per heavy atom. The van der Waals surface area contributed by atoms with Gasteiger partial charge in [-0.2, -0.15) is 13.2 Å². The Hall–Kier alpha value is -0.820. The minimum absolute atomic E-state index is 0.201. The summed E-state index contributed by atoms with van der Waals surface area (Å²) in [5, 5.41) is 0.201. The van der Waals surface area contributed by atoms with Crippen LogP contribution in [0, 0.1) is 0 Å². The van der Waals surface area contributed by atoms with Gasteiger partial charge in [-0.05, 0) is 32.0 Å². The monoisotopic (exact) mass is 291 g/mol. The Morgan fingerprint density at radius 1 is 1.21 bits per heavy atom. The zero-order valence-corrected chi connectivity index (χ0v) is 11.3. The van der Waals surface area contributed by atoms with Gasteiger partial charge in [0.25, 0.3) is 0 Å². The van der Waals surface area contributed by atoms with Crippen molar-refractivity contribution in [3.63, 3.8) is 0 Å². The van der Waals surface area contributed by atoms with Gasteiger partial charge in [0.05, 0.1) is 0 Å². The molecule has 0 unspecified atom stereocenters. The fourth-order valence-electron chi connectivity index (χ4n) is 2.02. The quantitative estimate of drug-likeness (QED) is 0.630. The second kappa shape index (κ2) is 6.56. The molecule has 1 aliphatic heterocycles. The summed E-state index contributed by atoms with van der Waals surface area (Å²) < 4.78 is 37.4. The Labute approximate surface area is 114 Å². The Balaban J connectivity index is 1.82. The third-order valence-corrected chi connectivity index (χ3v) is 3.85. The van der Waals surface area contributed by atoms with Crippen LogP contribution in [-0.4, -0.2) is 40.3 Å². The molecule has 3 nitrogen and oxygen atoms in total. The van der Waals surface area contributed by atoms with Gasteiger partial charge in [0.2, 0.25) is 0 Å². The van der Waals surface area contributed by atoms with E-state index in [-0.39, 0.29) is 5.16 Å². The highest BCUT2D eigenvalue weighted by Gasteiger charge is 2.32. The molecule has 2 heterocycles. The van der Waals surface area contributed by atoms with Gasteiger partial charge < -0.3 is 4.90 Å². The summed E-state index contributed by atoms with van der Waals surface area (Å²) in [6.07, 6.45) is 0.472. The Kier molecular flexibility index (Phi) is 5.04. The summed E-state index contributed by atoms with van der Waals surface area (Å²) in [6, 6.07) is 0.898. The maximum atomic E-state index is 12.5. The summed E-state index contributed by atoms with van der Waals surface area (Å²) in [4.78, 5) is 9.74. The predicted octanol–water partition coefficient (Wildman–Crippen LogP) is 3.07. The molecule has 0 amide bonds. The van der Waals surface area contributed by atoms with E-state index in [1.165, 1.54) is 37.2 Å². The molecule has 1 saturated heterocycles. The van der Waals surface area contributed by atoms with Crippen LogP contribution in [0.5, 0.6) is 0 Å². The number of nitrogens with zero attached hydrogens (tertiary/aromatic N) is 3. The largest absolute Gasteiger partial charge is 0.433 e. The first kappa shape index (κ1) is 14.6. The highest BCUT2D eigenvalue weighted by atomic mass is 32.2. The molecule has 0 bridgehead atoms. The summed E-state index contributed by atoms with van der Waals surface area (Å²) >= 11 is 1.28. The fourth-order valence-corrected chi connectivity index (χ4v) is 2.85. The second-order valence-electron chi connectivity index (χ2n) is 4.47. The molecule has 0 atom stereocenters. The molecular formula is C12H16F3N3S. The maximum absolute atomic E-state index is 12.5. The van der Waals surface area contributed by atoms with Crippen LogP contribution in [0.15, 0.2) is 17.4 Å². The lowest BCUT2D eigenvalue weighted by molar-refractivity contribution is -0.141. The normalized spacial score (nSPS) is 17.6. The van der Waals surface area contributed by atoms with E-state index >= 15 is 0 Å². The topological polar surface area (TPSA) is 29.0 Å². The first-order chi connectivity index (χ1) is 9.05. The van der Waals surface area contributed by atoms with Crippen LogP contribution in [0.3, 0.4) is 0 Å². The standard InChI is InChI=1S/C12H16F3N3S/c13-12(14,15)10-4-5-16-11(17-10)19-9-8-18-6-2-1-3-7-18/h4-5H,1-3,6-9H2. The summed E-state index contributed by atoms with van der Waals surface area (Å²) in [7, 11) is 0. The highest BCUT2D eigenvalue weighted by molar-refractivity contribution is 7.99. The van der Waals surface area contributed by atoms with Crippen LogP contribution in [0.1, 0.15) is 25.0 Å². The zero-order valence-electron chi connectivity index (χ0n) is 10.5. The van der Waals surface area contributed by atoms with Crippen LogP contribution >= 0.6 is 11.8 Å².